The van der Waals surface area contributed by atoms with E-state index in [4.69, 9.17) is 17.3 Å². The quantitative estimate of drug-likeness (QED) is 0.821. The van der Waals surface area contributed by atoms with Crippen molar-refractivity contribution in [2.75, 3.05) is 5.73 Å². The number of benzene rings is 1. The van der Waals surface area contributed by atoms with Gasteiger partial charge in [-0.1, -0.05) is 24.9 Å². The van der Waals surface area contributed by atoms with E-state index in [0.717, 1.165) is 31.4 Å². The van der Waals surface area contributed by atoms with Crippen LogP contribution in [0.2, 0.25) is 5.02 Å². The van der Waals surface area contributed by atoms with Gasteiger partial charge < -0.3 is 5.73 Å². The van der Waals surface area contributed by atoms with Crippen molar-refractivity contribution >= 4 is 27.3 Å². The molecule has 1 fully saturated rings. The van der Waals surface area contributed by atoms with Gasteiger partial charge in [0, 0.05) is 6.04 Å². The Morgan fingerprint density at radius 3 is 2.84 bits per heavy atom. The fraction of sp³-hybridized carbons (Fsp3) is 0.500. The van der Waals surface area contributed by atoms with E-state index >= 15 is 0 Å². The fourth-order valence-corrected chi connectivity index (χ4v) is 3.96. The van der Waals surface area contributed by atoms with Crippen LogP contribution in [0, 0.1) is 11.7 Å². The SMILES string of the molecule is CCCC1CC1NS(=O)(=O)c1cc(N)c(F)cc1Cl. The van der Waals surface area contributed by atoms with Crippen LogP contribution in [-0.2, 0) is 10.0 Å². The van der Waals surface area contributed by atoms with Crippen molar-refractivity contribution in [3.63, 3.8) is 0 Å². The molecule has 2 atom stereocenters. The summed E-state index contributed by atoms with van der Waals surface area (Å²) in [5.41, 5.74) is 5.15. The van der Waals surface area contributed by atoms with Crippen LogP contribution in [0.3, 0.4) is 0 Å². The Kier molecular flexibility index (Phi) is 4.03. The molecule has 0 radical (unpaired) electrons. The van der Waals surface area contributed by atoms with Gasteiger partial charge in [-0.15, -0.1) is 0 Å². The topological polar surface area (TPSA) is 72.2 Å². The highest BCUT2D eigenvalue weighted by molar-refractivity contribution is 7.89. The Morgan fingerprint density at radius 1 is 1.53 bits per heavy atom. The van der Waals surface area contributed by atoms with Gasteiger partial charge in [0.05, 0.1) is 10.7 Å². The summed E-state index contributed by atoms with van der Waals surface area (Å²) in [6.07, 6.45) is 2.85. The van der Waals surface area contributed by atoms with Crippen molar-refractivity contribution < 1.29 is 12.8 Å². The Bertz CT molecular complexity index is 592. The molecule has 0 aromatic heterocycles. The molecule has 1 aromatic rings. The zero-order valence-electron chi connectivity index (χ0n) is 10.5. The number of hydrogen-bond acceptors (Lipinski definition) is 3. The van der Waals surface area contributed by atoms with Gasteiger partial charge in [-0.05, 0) is 30.9 Å². The first kappa shape index (κ1) is 14.6. The van der Waals surface area contributed by atoms with E-state index in [1.807, 2.05) is 0 Å². The summed E-state index contributed by atoms with van der Waals surface area (Å²) >= 11 is 5.77. The standard InChI is InChI=1S/C12H16ClFN2O2S/c1-2-3-7-4-11(7)16-19(17,18)12-6-10(15)9(14)5-8(12)13/h5-7,11,16H,2-4,15H2,1H3. The Balaban J connectivity index is 2.19. The van der Waals surface area contributed by atoms with E-state index < -0.39 is 15.8 Å². The van der Waals surface area contributed by atoms with Gasteiger partial charge in [-0.3, -0.25) is 0 Å². The van der Waals surface area contributed by atoms with E-state index in [1.165, 1.54) is 0 Å². The molecule has 4 nitrogen and oxygen atoms in total. The minimum Gasteiger partial charge on any atom is -0.396 e. The molecular weight excluding hydrogens is 291 g/mol. The normalized spacial score (nSPS) is 22.5. The van der Waals surface area contributed by atoms with Crippen LogP contribution in [0.4, 0.5) is 10.1 Å². The van der Waals surface area contributed by atoms with Gasteiger partial charge in [-0.2, -0.15) is 0 Å². The summed E-state index contributed by atoms with van der Waals surface area (Å²) in [7, 11) is -3.75. The van der Waals surface area contributed by atoms with E-state index in [9.17, 15) is 12.8 Å². The predicted octanol–water partition coefficient (Wildman–Crippen LogP) is 2.53. The summed E-state index contributed by atoms with van der Waals surface area (Å²) in [4.78, 5) is -0.171. The molecule has 2 unspecified atom stereocenters. The Morgan fingerprint density at radius 2 is 2.21 bits per heavy atom. The predicted molar refractivity (Wildman–Crippen MR) is 72.9 cm³/mol. The zero-order valence-corrected chi connectivity index (χ0v) is 12.1. The monoisotopic (exact) mass is 306 g/mol. The maximum atomic E-state index is 13.2. The highest BCUT2D eigenvalue weighted by atomic mass is 35.5. The number of rotatable bonds is 5. The smallest absolute Gasteiger partial charge is 0.242 e. The molecule has 1 saturated carbocycles. The molecule has 7 heteroatoms. The number of anilines is 1. The van der Waals surface area contributed by atoms with Crippen molar-refractivity contribution in [3.8, 4) is 0 Å². The lowest BCUT2D eigenvalue weighted by Crippen LogP contribution is -2.27. The summed E-state index contributed by atoms with van der Waals surface area (Å²) in [6.45, 7) is 2.06. The minimum absolute atomic E-state index is 0.0488. The Labute approximate surface area is 117 Å². The molecule has 3 N–H and O–H groups in total. The van der Waals surface area contributed by atoms with Gasteiger partial charge in [0.15, 0.2) is 0 Å². The molecule has 19 heavy (non-hydrogen) atoms. The fourth-order valence-electron chi connectivity index (χ4n) is 2.10. The summed E-state index contributed by atoms with van der Waals surface area (Å²) in [5, 5.41) is -0.160. The molecule has 1 aliphatic carbocycles. The van der Waals surface area contributed by atoms with E-state index in [2.05, 4.69) is 11.6 Å². The second kappa shape index (κ2) is 5.26. The van der Waals surface area contributed by atoms with Crippen molar-refractivity contribution in [2.45, 2.75) is 37.1 Å². The van der Waals surface area contributed by atoms with Crippen molar-refractivity contribution in [3.05, 3.63) is 23.0 Å². The first-order valence-corrected chi connectivity index (χ1v) is 7.98. The molecule has 0 bridgehead atoms. The second-order valence-electron chi connectivity index (χ2n) is 4.82. The number of nitrogens with one attached hydrogen (secondary N) is 1. The van der Waals surface area contributed by atoms with Crippen molar-refractivity contribution in [1.29, 1.82) is 0 Å². The maximum Gasteiger partial charge on any atom is 0.242 e. The number of halogens is 2. The molecule has 0 saturated heterocycles. The highest BCUT2D eigenvalue weighted by Gasteiger charge is 2.39. The second-order valence-corrected chi connectivity index (χ2v) is 6.91. The molecule has 0 heterocycles. The lowest BCUT2D eigenvalue weighted by molar-refractivity contribution is 0.572. The molecular formula is C12H16ClFN2O2S. The van der Waals surface area contributed by atoms with Gasteiger partial charge in [0.1, 0.15) is 10.7 Å². The molecule has 0 spiro atoms. The molecule has 1 aliphatic rings. The summed E-state index contributed by atoms with van der Waals surface area (Å²) in [6, 6.07) is 1.92. The van der Waals surface area contributed by atoms with Crippen LogP contribution in [-0.4, -0.2) is 14.5 Å². The summed E-state index contributed by atoms with van der Waals surface area (Å²) < 4.78 is 40.0. The highest BCUT2D eigenvalue weighted by Crippen LogP contribution is 2.36. The van der Waals surface area contributed by atoms with Crippen LogP contribution in [0.15, 0.2) is 17.0 Å². The number of sulfonamides is 1. The number of nitrogen functional groups attached to an aromatic ring is 1. The zero-order chi connectivity index (χ0) is 14.2. The third-order valence-corrected chi connectivity index (χ3v) is 5.18. The first-order chi connectivity index (χ1) is 8.85. The molecule has 2 rings (SSSR count). The van der Waals surface area contributed by atoms with Crippen LogP contribution in [0.25, 0.3) is 0 Å². The molecule has 1 aromatic carbocycles. The minimum atomic E-state index is -3.75. The van der Waals surface area contributed by atoms with Crippen LogP contribution in [0.1, 0.15) is 26.2 Å². The number of nitrogens with two attached hydrogens (primary N) is 1. The van der Waals surface area contributed by atoms with E-state index in [0.29, 0.717) is 5.92 Å². The van der Waals surface area contributed by atoms with E-state index in [-0.39, 0.29) is 21.6 Å². The van der Waals surface area contributed by atoms with Crippen molar-refractivity contribution in [1.82, 2.24) is 4.72 Å². The number of hydrogen-bond donors (Lipinski definition) is 2. The van der Waals surface area contributed by atoms with Gasteiger partial charge >= 0.3 is 0 Å². The van der Waals surface area contributed by atoms with Crippen molar-refractivity contribution in [2.24, 2.45) is 5.92 Å². The van der Waals surface area contributed by atoms with Crippen LogP contribution in [0.5, 0.6) is 0 Å². The average Bonchev–Trinajstić information content (AvgIpc) is 3.01. The van der Waals surface area contributed by atoms with Crippen LogP contribution >= 0.6 is 11.6 Å². The van der Waals surface area contributed by atoms with Gasteiger partial charge in [0.2, 0.25) is 10.0 Å². The largest absolute Gasteiger partial charge is 0.396 e. The lowest BCUT2D eigenvalue weighted by Gasteiger charge is -2.09. The third kappa shape index (κ3) is 3.19. The third-order valence-electron chi connectivity index (χ3n) is 3.23. The lowest BCUT2D eigenvalue weighted by atomic mass is 10.2. The van der Waals surface area contributed by atoms with Crippen LogP contribution < -0.4 is 10.5 Å². The van der Waals surface area contributed by atoms with Gasteiger partial charge in [0.25, 0.3) is 0 Å². The molecule has 0 amide bonds. The molecule has 0 aliphatic heterocycles. The Hall–Kier alpha value is -0.850. The average molecular weight is 307 g/mol. The van der Waals surface area contributed by atoms with E-state index in [1.54, 1.807) is 0 Å². The first-order valence-electron chi connectivity index (χ1n) is 6.12. The van der Waals surface area contributed by atoms with Gasteiger partial charge in [-0.25, -0.2) is 17.5 Å². The maximum absolute atomic E-state index is 13.2. The molecule has 106 valence electrons. The summed E-state index contributed by atoms with van der Waals surface area (Å²) in [5.74, 6) is -0.337.